The van der Waals surface area contributed by atoms with Crippen LogP contribution in [0.25, 0.3) is 0 Å². The number of nitrogens with one attached hydrogen (secondary N) is 1. The van der Waals surface area contributed by atoms with Gasteiger partial charge in [-0.25, -0.2) is 17.5 Å². The number of ether oxygens (including phenoxy) is 1. The van der Waals surface area contributed by atoms with E-state index in [0.717, 1.165) is 58.2 Å². The Morgan fingerprint density at radius 1 is 1.03 bits per heavy atom. The number of likely N-dealkylation sites (tertiary alicyclic amines) is 1. The molecule has 5 nitrogen and oxygen atoms in total. The van der Waals surface area contributed by atoms with Gasteiger partial charge in [-0.05, 0) is 99.6 Å². The predicted octanol–water partition coefficient (Wildman–Crippen LogP) is 4.63. The molecule has 1 fully saturated rings. The van der Waals surface area contributed by atoms with Crippen molar-refractivity contribution in [3.8, 4) is 5.75 Å². The van der Waals surface area contributed by atoms with Crippen LogP contribution in [0, 0.1) is 11.7 Å². The largest absolute Gasteiger partial charge is 0.494 e. The molecule has 0 bridgehead atoms. The van der Waals surface area contributed by atoms with E-state index >= 15 is 0 Å². The Hall–Kier alpha value is -1.96. The Bertz CT molecular complexity index is 909. The second kappa shape index (κ2) is 12.3. The minimum absolute atomic E-state index is 0.187. The van der Waals surface area contributed by atoms with Crippen LogP contribution >= 0.6 is 0 Å². The van der Waals surface area contributed by atoms with Crippen LogP contribution in [0.15, 0.2) is 53.4 Å². The Balaban J connectivity index is 1.34. The van der Waals surface area contributed by atoms with Gasteiger partial charge in [0, 0.05) is 6.54 Å². The zero-order valence-corrected chi connectivity index (χ0v) is 19.7. The smallest absolute Gasteiger partial charge is 0.240 e. The lowest BCUT2D eigenvalue weighted by Gasteiger charge is -2.32. The Morgan fingerprint density at radius 2 is 1.72 bits per heavy atom. The van der Waals surface area contributed by atoms with E-state index in [2.05, 4.69) is 16.5 Å². The van der Waals surface area contributed by atoms with Crippen LogP contribution in [-0.2, 0) is 16.4 Å². The number of sulfonamides is 1. The molecule has 0 aromatic heterocycles. The van der Waals surface area contributed by atoms with Gasteiger partial charge in [0.1, 0.15) is 11.6 Å². The summed E-state index contributed by atoms with van der Waals surface area (Å²) < 4.78 is 46.4. The molecular weight excluding hydrogens is 427 g/mol. The molecule has 0 aliphatic carbocycles. The maximum Gasteiger partial charge on any atom is 0.240 e. The highest BCUT2D eigenvalue weighted by atomic mass is 32.2. The van der Waals surface area contributed by atoms with Crippen LogP contribution in [0.4, 0.5) is 4.39 Å². The van der Waals surface area contributed by atoms with E-state index in [9.17, 15) is 12.8 Å². The average molecular weight is 463 g/mol. The third-order valence-corrected chi connectivity index (χ3v) is 7.47. The Labute approximate surface area is 192 Å². The molecular formula is C25H35FN2O3S. The minimum atomic E-state index is -3.50. The summed E-state index contributed by atoms with van der Waals surface area (Å²) in [6.45, 7) is 6.10. The van der Waals surface area contributed by atoms with Gasteiger partial charge in [0.15, 0.2) is 0 Å². The van der Waals surface area contributed by atoms with Gasteiger partial charge in [-0.15, -0.1) is 0 Å². The van der Waals surface area contributed by atoms with Crippen LogP contribution in [0.1, 0.15) is 44.6 Å². The fourth-order valence-corrected chi connectivity index (χ4v) is 5.08. The molecule has 0 spiro atoms. The number of nitrogens with zero attached hydrogens (tertiary/aromatic N) is 1. The van der Waals surface area contributed by atoms with Crippen molar-refractivity contribution < 1.29 is 17.5 Å². The maximum absolute atomic E-state index is 13.0. The molecule has 1 saturated heterocycles. The summed E-state index contributed by atoms with van der Waals surface area (Å²) in [6.07, 6.45) is 6.06. The molecule has 0 atom stereocenters. The van der Waals surface area contributed by atoms with Crippen molar-refractivity contribution in [2.24, 2.45) is 5.92 Å². The van der Waals surface area contributed by atoms with Crippen molar-refractivity contribution in [2.75, 3.05) is 32.8 Å². The van der Waals surface area contributed by atoms with Crippen molar-refractivity contribution in [3.05, 3.63) is 59.9 Å². The highest BCUT2D eigenvalue weighted by Crippen LogP contribution is 2.22. The second-order valence-electron chi connectivity index (χ2n) is 8.54. The maximum atomic E-state index is 13.0. The normalized spacial score (nSPS) is 15.7. The van der Waals surface area contributed by atoms with E-state index in [4.69, 9.17) is 4.74 Å². The molecule has 0 unspecified atom stereocenters. The van der Waals surface area contributed by atoms with Crippen molar-refractivity contribution in [3.63, 3.8) is 0 Å². The molecule has 0 amide bonds. The zero-order chi connectivity index (χ0) is 22.8. The number of piperidine rings is 1. The molecule has 2 aromatic rings. The molecule has 1 N–H and O–H groups in total. The molecule has 3 rings (SSSR count). The summed E-state index contributed by atoms with van der Waals surface area (Å²) in [5, 5.41) is 0. The van der Waals surface area contributed by atoms with E-state index in [1.54, 1.807) is 24.3 Å². The van der Waals surface area contributed by atoms with Gasteiger partial charge >= 0.3 is 0 Å². The van der Waals surface area contributed by atoms with Crippen molar-refractivity contribution in [2.45, 2.75) is 50.3 Å². The quantitative estimate of drug-likeness (QED) is 0.468. The van der Waals surface area contributed by atoms with Crippen LogP contribution in [-0.4, -0.2) is 46.1 Å². The first-order valence-corrected chi connectivity index (χ1v) is 13.1. The topological polar surface area (TPSA) is 58.6 Å². The second-order valence-corrected chi connectivity index (χ2v) is 10.3. The van der Waals surface area contributed by atoms with Gasteiger partial charge in [-0.3, -0.25) is 0 Å². The van der Waals surface area contributed by atoms with E-state index in [1.807, 2.05) is 12.1 Å². The number of rotatable bonds is 12. The number of benzene rings is 2. The lowest BCUT2D eigenvalue weighted by Crippen LogP contribution is -2.36. The predicted molar refractivity (Wildman–Crippen MR) is 126 cm³/mol. The van der Waals surface area contributed by atoms with E-state index in [0.29, 0.717) is 24.8 Å². The van der Waals surface area contributed by atoms with Gasteiger partial charge < -0.3 is 9.64 Å². The van der Waals surface area contributed by atoms with Gasteiger partial charge in [0.05, 0.1) is 11.5 Å². The SMILES string of the molecule is CCCCOc1ccc(S(=O)(=O)NCCCN2CCC(Cc3ccc(F)cc3)CC2)cc1. The summed E-state index contributed by atoms with van der Waals surface area (Å²) in [5.74, 6) is 1.14. The molecule has 1 aliphatic rings. The van der Waals surface area contributed by atoms with E-state index < -0.39 is 10.0 Å². The highest BCUT2D eigenvalue weighted by molar-refractivity contribution is 7.89. The van der Waals surface area contributed by atoms with Crippen LogP contribution in [0.5, 0.6) is 5.75 Å². The van der Waals surface area contributed by atoms with Gasteiger partial charge in [-0.2, -0.15) is 0 Å². The van der Waals surface area contributed by atoms with Crippen LogP contribution < -0.4 is 9.46 Å². The van der Waals surface area contributed by atoms with Crippen molar-refractivity contribution >= 4 is 10.0 Å². The first-order chi connectivity index (χ1) is 15.5. The van der Waals surface area contributed by atoms with Gasteiger partial charge in [0.25, 0.3) is 0 Å². The van der Waals surface area contributed by atoms with Gasteiger partial charge in [-0.1, -0.05) is 25.5 Å². The molecule has 1 aliphatic heterocycles. The number of hydrogen-bond acceptors (Lipinski definition) is 4. The molecule has 7 heteroatoms. The monoisotopic (exact) mass is 462 g/mol. The fourth-order valence-electron chi connectivity index (χ4n) is 4.01. The van der Waals surface area contributed by atoms with Crippen LogP contribution in [0.3, 0.4) is 0 Å². The molecule has 0 saturated carbocycles. The lowest BCUT2D eigenvalue weighted by atomic mass is 9.90. The number of hydrogen-bond donors (Lipinski definition) is 1. The average Bonchev–Trinajstić information content (AvgIpc) is 2.80. The van der Waals surface area contributed by atoms with Crippen molar-refractivity contribution in [1.82, 2.24) is 9.62 Å². The molecule has 32 heavy (non-hydrogen) atoms. The third-order valence-electron chi connectivity index (χ3n) is 5.99. The molecule has 1 heterocycles. The Kier molecular flexibility index (Phi) is 9.51. The summed E-state index contributed by atoms with van der Waals surface area (Å²) in [5.41, 5.74) is 1.19. The molecule has 0 radical (unpaired) electrons. The Morgan fingerprint density at radius 3 is 2.38 bits per heavy atom. The van der Waals surface area contributed by atoms with E-state index in [-0.39, 0.29) is 10.7 Å². The van der Waals surface area contributed by atoms with Crippen LogP contribution in [0.2, 0.25) is 0 Å². The standard InChI is InChI=1S/C25H35FN2O3S/c1-2-3-19-31-24-9-11-25(12-10-24)32(29,30)27-15-4-16-28-17-13-22(14-18-28)20-21-5-7-23(26)8-6-21/h5-12,22,27H,2-4,13-20H2,1H3. The van der Waals surface area contributed by atoms with E-state index in [1.165, 1.54) is 17.7 Å². The first kappa shape index (κ1) is 24.7. The zero-order valence-electron chi connectivity index (χ0n) is 18.9. The number of halogens is 1. The molecule has 176 valence electrons. The third kappa shape index (κ3) is 7.87. The summed E-state index contributed by atoms with van der Waals surface area (Å²) in [4.78, 5) is 2.67. The van der Waals surface area contributed by atoms with Gasteiger partial charge in [0.2, 0.25) is 10.0 Å². The highest BCUT2D eigenvalue weighted by Gasteiger charge is 2.19. The fraction of sp³-hybridized carbons (Fsp3) is 0.520. The van der Waals surface area contributed by atoms with Crippen molar-refractivity contribution in [1.29, 1.82) is 0 Å². The summed E-state index contributed by atoms with van der Waals surface area (Å²) in [7, 11) is -3.50. The minimum Gasteiger partial charge on any atom is -0.494 e. The lowest BCUT2D eigenvalue weighted by molar-refractivity contribution is 0.183. The number of unbranched alkanes of at least 4 members (excludes halogenated alkanes) is 1. The first-order valence-electron chi connectivity index (χ1n) is 11.7. The molecule has 2 aromatic carbocycles. The summed E-state index contributed by atoms with van der Waals surface area (Å²) >= 11 is 0. The summed E-state index contributed by atoms with van der Waals surface area (Å²) in [6, 6.07) is 13.4.